The summed E-state index contributed by atoms with van der Waals surface area (Å²) in [7, 11) is 3.08. The molecule has 0 aromatic carbocycles. The van der Waals surface area contributed by atoms with Crippen molar-refractivity contribution in [2.24, 2.45) is 4.99 Å². The molecular formula is C17H26F4N6. The highest BCUT2D eigenvalue weighted by molar-refractivity contribution is 5.80. The lowest BCUT2D eigenvalue weighted by Crippen LogP contribution is -2.45. The topological polar surface area (TPSA) is 55.8 Å². The smallest absolute Gasteiger partial charge is 0.356 e. The minimum atomic E-state index is -4.18. The monoisotopic (exact) mass is 390 g/mol. The summed E-state index contributed by atoms with van der Waals surface area (Å²) in [6.45, 7) is 1.21. The Hall–Kier alpha value is -2.10. The Morgan fingerprint density at radius 3 is 2.89 bits per heavy atom. The maximum atomic E-state index is 13.8. The standard InChI is InChI=1S/C17H26F4N6/c1-22-16(24-8-4-9-26(2)12-17(19,20)21)25-13-6-10-27(11-13)15-14(18)5-3-7-23-15/h3,5,7,13H,4,6,8-12H2,1-2H3,(H2,22,24,25). The van der Waals surface area contributed by atoms with Gasteiger partial charge in [0, 0.05) is 38.9 Å². The van der Waals surface area contributed by atoms with Crippen LogP contribution in [0.25, 0.3) is 0 Å². The first-order valence-electron chi connectivity index (χ1n) is 8.86. The average molecular weight is 390 g/mol. The summed E-state index contributed by atoms with van der Waals surface area (Å²) in [5, 5.41) is 6.37. The van der Waals surface area contributed by atoms with Gasteiger partial charge in [0.1, 0.15) is 0 Å². The molecule has 152 valence electrons. The molecule has 1 aliphatic heterocycles. The molecule has 0 radical (unpaired) electrons. The number of anilines is 1. The fourth-order valence-electron chi connectivity index (χ4n) is 3.01. The molecule has 1 atom stereocenters. The van der Waals surface area contributed by atoms with E-state index in [-0.39, 0.29) is 11.9 Å². The van der Waals surface area contributed by atoms with Crippen molar-refractivity contribution in [2.75, 3.05) is 51.7 Å². The first-order chi connectivity index (χ1) is 12.8. The van der Waals surface area contributed by atoms with Crippen LogP contribution < -0.4 is 15.5 Å². The number of guanidine groups is 1. The second-order valence-electron chi connectivity index (χ2n) is 6.59. The van der Waals surface area contributed by atoms with E-state index in [1.165, 1.54) is 18.0 Å². The predicted octanol–water partition coefficient (Wildman–Crippen LogP) is 1.85. The van der Waals surface area contributed by atoms with Crippen molar-refractivity contribution in [2.45, 2.75) is 25.1 Å². The van der Waals surface area contributed by atoms with Gasteiger partial charge in [0.05, 0.1) is 6.54 Å². The Morgan fingerprint density at radius 1 is 1.44 bits per heavy atom. The third-order valence-electron chi connectivity index (χ3n) is 4.25. The zero-order valence-corrected chi connectivity index (χ0v) is 15.6. The van der Waals surface area contributed by atoms with Gasteiger partial charge in [-0.25, -0.2) is 9.37 Å². The van der Waals surface area contributed by atoms with Crippen molar-refractivity contribution in [3.05, 3.63) is 24.1 Å². The van der Waals surface area contributed by atoms with E-state index in [9.17, 15) is 17.6 Å². The molecule has 1 fully saturated rings. The highest BCUT2D eigenvalue weighted by Gasteiger charge is 2.29. The Balaban J connectivity index is 1.71. The van der Waals surface area contributed by atoms with E-state index in [4.69, 9.17) is 0 Å². The minimum Gasteiger partial charge on any atom is -0.356 e. The van der Waals surface area contributed by atoms with Gasteiger partial charge in [-0.15, -0.1) is 0 Å². The predicted molar refractivity (Wildman–Crippen MR) is 97.5 cm³/mol. The van der Waals surface area contributed by atoms with Gasteiger partial charge in [-0.1, -0.05) is 0 Å². The lowest BCUT2D eigenvalue weighted by atomic mass is 10.3. The first-order valence-corrected chi connectivity index (χ1v) is 8.86. The van der Waals surface area contributed by atoms with Gasteiger partial charge in [-0.3, -0.25) is 9.89 Å². The zero-order chi connectivity index (χ0) is 19.9. The van der Waals surface area contributed by atoms with E-state index >= 15 is 0 Å². The number of alkyl halides is 3. The SMILES string of the molecule is CN=C(NCCCN(C)CC(F)(F)F)NC1CCN(c2ncccc2F)C1. The Bertz CT molecular complexity index is 622. The van der Waals surface area contributed by atoms with Crippen LogP contribution in [0.15, 0.2) is 23.3 Å². The largest absolute Gasteiger partial charge is 0.401 e. The lowest BCUT2D eigenvalue weighted by molar-refractivity contribution is -0.143. The molecule has 1 aromatic rings. The molecule has 2 rings (SSSR count). The summed E-state index contributed by atoms with van der Waals surface area (Å²) < 4.78 is 50.7. The number of aromatic nitrogens is 1. The Labute approximate surface area is 156 Å². The van der Waals surface area contributed by atoms with Crippen LogP contribution in [-0.2, 0) is 0 Å². The molecule has 2 heterocycles. The number of hydrogen-bond donors (Lipinski definition) is 2. The number of aliphatic imine (C=N–C) groups is 1. The van der Waals surface area contributed by atoms with E-state index in [0.717, 1.165) is 6.42 Å². The summed E-state index contributed by atoms with van der Waals surface area (Å²) in [6.07, 6.45) is -1.25. The Kier molecular flexibility index (Phi) is 7.64. The maximum absolute atomic E-state index is 13.8. The number of nitrogens with zero attached hydrogens (tertiary/aromatic N) is 4. The first kappa shape index (κ1) is 21.2. The van der Waals surface area contributed by atoms with Crippen molar-refractivity contribution in [3.8, 4) is 0 Å². The summed E-state index contributed by atoms with van der Waals surface area (Å²) in [6, 6.07) is 3.03. The van der Waals surface area contributed by atoms with Crippen LogP contribution in [0.4, 0.5) is 23.4 Å². The van der Waals surface area contributed by atoms with E-state index in [0.29, 0.717) is 44.4 Å². The molecule has 1 aliphatic rings. The Morgan fingerprint density at radius 2 is 2.22 bits per heavy atom. The van der Waals surface area contributed by atoms with Crippen molar-refractivity contribution >= 4 is 11.8 Å². The highest BCUT2D eigenvalue weighted by atomic mass is 19.4. The van der Waals surface area contributed by atoms with Gasteiger partial charge < -0.3 is 15.5 Å². The molecule has 27 heavy (non-hydrogen) atoms. The number of halogens is 4. The number of rotatable bonds is 7. The fraction of sp³-hybridized carbons (Fsp3) is 0.647. The second-order valence-corrected chi connectivity index (χ2v) is 6.59. The van der Waals surface area contributed by atoms with Gasteiger partial charge in [0.2, 0.25) is 0 Å². The number of pyridine rings is 1. The molecule has 0 spiro atoms. The summed E-state index contributed by atoms with van der Waals surface area (Å²) in [4.78, 5) is 11.4. The normalized spacial score (nSPS) is 18.3. The lowest BCUT2D eigenvalue weighted by Gasteiger charge is -2.21. The summed E-state index contributed by atoms with van der Waals surface area (Å²) >= 11 is 0. The fourth-order valence-corrected chi connectivity index (χ4v) is 3.01. The van der Waals surface area contributed by atoms with Crippen LogP contribution >= 0.6 is 0 Å². The van der Waals surface area contributed by atoms with Gasteiger partial charge in [0.25, 0.3) is 0 Å². The van der Waals surface area contributed by atoms with Gasteiger partial charge in [-0.05, 0) is 38.6 Å². The van der Waals surface area contributed by atoms with Crippen LogP contribution in [0.3, 0.4) is 0 Å². The molecule has 0 bridgehead atoms. The molecule has 0 aliphatic carbocycles. The molecular weight excluding hydrogens is 364 g/mol. The molecule has 0 amide bonds. The molecule has 1 saturated heterocycles. The van der Waals surface area contributed by atoms with Gasteiger partial charge in [0.15, 0.2) is 17.6 Å². The zero-order valence-electron chi connectivity index (χ0n) is 15.6. The molecule has 1 unspecified atom stereocenters. The van der Waals surface area contributed by atoms with Crippen molar-refractivity contribution < 1.29 is 17.6 Å². The second kappa shape index (κ2) is 9.72. The number of hydrogen-bond acceptors (Lipinski definition) is 4. The highest BCUT2D eigenvalue weighted by Crippen LogP contribution is 2.20. The average Bonchev–Trinajstić information content (AvgIpc) is 3.04. The molecule has 2 N–H and O–H groups in total. The third kappa shape index (κ3) is 7.20. The molecule has 6 nitrogen and oxygen atoms in total. The molecule has 10 heteroatoms. The van der Waals surface area contributed by atoms with E-state index < -0.39 is 12.7 Å². The minimum absolute atomic E-state index is 0.0884. The van der Waals surface area contributed by atoms with Gasteiger partial charge >= 0.3 is 6.18 Å². The molecule has 0 saturated carbocycles. The van der Waals surface area contributed by atoms with Crippen molar-refractivity contribution in [1.82, 2.24) is 20.5 Å². The van der Waals surface area contributed by atoms with Gasteiger partial charge in [-0.2, -0.15) is 13.2 Å². The van der Waals surface area contributed by atoms with Crippen LogP contribution in [0.2, 0.25) is 0 Å². The van der Waals surface area contributed by atoms with E-state index in [1.807, 2.05) is 4.90 Å². The summed E-state index contributed by atoms with van der Waals surface area (Å²) in [5.41, 5.74) is 0. The quantitative estimate of drug-likeness (QED) is 0.322. The van der Waals surface area contributed by atoms with E-state index in [2.05, 4.69) is 20.6 Å². The maximum Gasteiger partial charge on any atom is 0.401 e. The van der Waals surface area contributed by atoms with Crippen LogP contribution in [0.5, 0.6) is 0 Å². The third-order valence-corrected chi connectivity index (χ3v) is 4.25. The van der Waals surface area contributed by atoms with Crippen molar-refractivity contribution in [3.63, 3.8) is 0 Å². The van der Waals surface area contributed by atoms with Crippen LogP contribution in [-0.4, -0.2) is 74.9 Å². The van der Waals surface area contributed by atoms with E-state index in [1.54, 1.807) is 19.3 Å². The number of nitrogens with one attached hydrogen (secondary N) is 2. The van der Waals surface area contributed by atoms with Crippen LogP contribution in [0.1, 0.15) is 12.8 Å². The van der Waals surface area contributed by atoms with Crippen molar-refractivity contribution in [1.29, 1.82) is 0 Å². The van der Waals surface area contributed by atoms with Crippen LogP contribution in [0, 0.1) is 5.82 Å². The summed E-state index contributed by atoms with van der Waals surface area (Å²) in [5.74, 6) is 0.586. The molecule has 1 aromatic heterocycles.